The molecule has 2 amide bonds. The van der Waals surface area contributed by atoms with E-state index in [2.05, 4.69) is 5.43 Å². The van der Waals surface area contributed by atoms with Crippen LogP contribution in [-0.2, 0) is 4.79 Å². The molecule has 1 aromatic rings. The highest BCUT2D eigenvalue weighted by Gasteiger charge is 2.15. The topological polar surface area (TPSA) is 58.6 Å². The number of rotatable bonds is 2. The fraction of sp³-hybridized carbons (Fsp3) is 0.0769. The monoisotopic (exact) mass is 244 g/mol. The van der Waals surface area contributed by atoms with Crippen LogP contribution in [0.5, 0.6) is 5.75 Å². The number of hydrazine groups is 1. The molecule has 0 saturated carbocycles. The highest BCUT2D eigenvalue weighted by molar-refractivity contribution is 5.98. The maximum atomic E-state index is 12.1. The molecule has 0 unspecified atom stereocenters. The number of nitrogens with one attached hydrogen (secondary N) is 1. The van der Waals surface area contributed by atoms with Gasteiger partial charge < -0.3 is 4.74 Å². The van der Waals surface area contributed by atoms with Gasteiger partial charge in [0.1, 0.15) is 5.75 Å². The quantitative estimate of drug-likeness (QED) is 0.851. The molecule has 5 heteroatoms. The largest absolute Gasteiger partial charge is 0.497 e. The smallest absolute Gasteiger partial charge is 0.276 e. The van der Waals surface area contributed by atoms with Crippen LogP contribution in [0.2, 0.25) is 0 Å². The van der Waals surface area contributed by atoms with Crippen molar-refractivity contribution in [3.63, 3.8) is 0 Å². The second-order valence-corrected chi connectivity index (χ2v) is 3.58. The lowest BCUT2D eigenvalue weighted by molar-refractivity contribution is -0.119. The van der Waals surface area contributed by atoms with E-state index < -0.39 is 0 Å². The van der Waals surface area contributed by atoms with Crippen LogP contribution in [0, 0.1) is 0 Å². The van der Waals surface area contributed by atoms with Gasteiger partial charge in [-0.2, -0.15) is 0 Å². The Labute approximate surface area is 104 Å². The van der Waals surface area contributed by atoms with Crippen molar-refractivity contribution in [2.24, 2.45) is 0 Å². The van der Waals surface area contributed by atoms with E-state index in [9.17, 15) is 9.59 Å². The minimum absolute atomic E-state index is 0.314. The summed E-state index contributed by atoms with van der Waals surface area (Å²) in [5, 5.41) is 1.14. The Morgan fingerprint density at radius 1 is 1.22 bits per heavy atom. The molecular formula is C13H12N2O3. The zero-order chi connectivity index (χ0) is 13.0. The molecule has 0 fully saturated rings. The lowest BCUT2D eigenvalue weighted by Gasteiger charge is -2.17. The first kappa shape index (κ1) is 11.9. The number of ether oxygens (including phenoxy) is 1. The molecule has 18 heavy (non-hydrogen) atoms. The van der Waals surface area contributed by atoms with Crippen LogP contribution in [0.15, 0.2) is 48.7 Å². The number of benzene rings is 1. The number of hydrogen-bond acceptors (Lipinski definition) is 3. The second kappa shape index (κ2) is 5.18. The molecule has 0 spiro atoms. The van der Waals surface area contributed by atoms with E-state index in [0.29, 0.717) is 11.3 Å². The van der Waals surface area contributed by atoms with Crippen molar-refractivity contribution in [2.45, 2.75) is 0 Å². The lowest BCUT2D eigenvalue weighted by atomic mass is 10.2. The molecule has 1 aliphatic heterocycles. The standard InChI is InChI=1S/C13H12N2O3/c1-18-11-7-5-10(6-8-11)13(17)15-9-3-2-4-12(16)14-15/h2-9H,1H3,(H,14,16). The fourth-order valence-corrected chi connectivity index (χ4v) is 1.46. The normalized spacial score (nSPS) is 14.1. The maximum Gasteiger partial charge on any atom is 0.276 e. The minimum Gasteiger partial charge on any atom is -0.497 e. The Morgan fingerprint density at radius 3 is 2.61 bits per heavy atom. The third-order valence-electron chi connectivity index (χ3n) is 2.38. The number of allylic oxidation sites excluding steroid dienone is 2. The molecule has 0 saturated heterocycles. The molecule has 2 rings (SSSR count). The van der Waals surface area contributed by atoms with E-state index >= 15 is 0 Å². The minimum atomic E-state index is -0.345. The molecule has 5 nitrogen and oxygen atoms in total. The summed E-state index contributed by atoms with van der Waals surface area (Å²) in [6.07, 6.45) is 6.02. The van der Waals surface area contributed by atoms with Crippen molar-refractivity contribution in [3.05, 3.63) is 54.3 Å². The summed E-state index contributed by atoms with van der Waals surface area (Å²) in [6.45, 7) is 0. The predicted molar refractivity (Wildman–Crippen MR) is 65.6 cm³/mol. The number of methoxy groups -OCH3 is 1. The summed E-state index contributed by atoms with van der Waals surface area (Å²) in [5.74, 6) is 0.0106. The van der Waals surface area contributed by atoms with Crippen molar-refractivity contribution in [2.75, 3.05) is 7.11 Å². The number of carbonyl (C=O) groups excluding carboxylic acids is 2. The third kappa shape index (κ3) is 2.57. The van der Waals surface area contributed by atoms with Gasteiger partial charge in [0.05, 0.1) is 7.11 Å². The Kier molecular flexibility index (Phi) is 3.43. The van der Waals surface area contributed by atoms with Crippen LogP contribution in [0.1, 0.15) is 10.4 Å². The first-order valence-corrected chi connectivity index (χ1v) is 5.34. The molecule has 0 bridgehead atoms. The van der Waals surface area contributed by atoms with Crippen LogP contribution in [0.4, 0.5) is 0 Å². The van der Waals surface area contributed by atoms with Crippen molar-refractivity contribution in [1.82, 2.24) is 10.4 Å². The van der Waals surface area contributed by atoms with Crippen molar-refractivity contribution in [1.29, 1.82) is 0 Å². The number of carbonyl (C=O) groups is 2. The third-order valence-corrected chi connectivity index (χ3v) is 2.38. The molecule has 1 heterocycles. The van der Waals surface area contributed by atoms with E-state index in [4.69, 9.17) is 4.74 Å². The van der Waals surface area contributed by atoms with Gasteiger partial charge in [-0.1, -0.05) is 6.08 Å². The van der Waals surface area contributed by atoms with Gasteiger partial charge >= 0.3 is 0 Å². The van der Waals surface area contributed by atoms with Crippen LogP contribution in [-0.4, -0.2) is 23.9 Å². The first-order valence-electron chi connectivity index (χ1n) is 5.34. The summed E-state index contributed by atoms with van der Waals surface area (Å²) < 4.78 is 5.01. The van der Waals surface area contributed by atoms with E-state index in [1.54, 1.807) is 43.5 Å². The Morgan fingerprint density at radius 2 is 1.94 bits per heavy atom. The van der Waals surface area contributed by atoms with Crippen molar-refractivity contribution < 1.29 is 14.3 Å². The lowest BCUT2D eigenvalue weighted by Crippen LogP contribution is -2.41. The van der Waals surface area contributed by atoms with Gasteiger partial charge in [-0.05, 0) is 30.3 Å². The van der Waals surface area contributed by atoms with E-state index in [-0.39, 0.29) is 11.8 Å². The van der Waals surface area contributed by atoms with E-state index in [1.807, 2.05) is 0 Å². The van der Waals surface area contributed by atoms with Gasteiger partial charge in [0.2, 0.25) is 0 Å². The zero-order valence-corrected chi connectivity index (χ0v) is 9.79. The molecule has 1 aliphatic rings. The van der Waals surface area contributed by atoms with Gasteiger partial charge in [0.25, 0.3) is 11.8 Å². The van der Waals surface area contributed by atoms with Gasteiger partial charge in [0.15, 0.2) is 0 Å². The Bertz CT molecular complexity index is 518. The number of nitrogens with zero attached hydrogens (tertiary/aromatic N) is 1. The van der Waals surface area contributed by atoms with Crippen LogP contribution in [0.25, 0.3) is 0 Å². The number of amides is 2. The summed E-state index contributed by atoms with van der Waals surface area (Å²) in [4.78, 5) is 23.4. The first-order chi connectivity index (χ1) is 8.70. The van der Waals surface area contributed by atoms with Gasteiger partial charge in [-0.15, -0.1) is 0 Å². The van der Waals surface area contributed by atoms with E-state index in [0.717, 1.165) is 5.01 Å². The summed E-state index contributed by atoms with van der Waals surface area (Å²) >= 11 is 0. The van der Waals surface area contributed by atoms with Crippen molar-refractivity contribution in [3.8, 4) is 5.75 Å². The van der Waals surface area contributed by atoms with Gasteiger partial charge in [-0.25, -0.2) is 5.01 Å². The van der Waals surface area contributed by atoms with Gasteiger partial charge in [0, 0.05) is 17.8 Å². The van der Waals surface area contributed by atoms with Crippen LogP contribution >= 0.6 is 0 Å². The van der Waals surface area contributed by atoms with Gasteiger partial charge in [-0.3, -0.25) is 15.0 Å². The fourth-order valence-electron chi connectivity index (χ4n) is 1.46. The zero-order valence-electron chi connectivity index (χ0n) is 9.79. The molecule has 92 valence electrons. The second-order valence-electron chi connectivity index (χ2n) is 3.58. The summed E-state index contributed by atoms with van der Waals surface area (Å²) in [5.41, 5.74) is 2.91. The Balaban J connectivity index is 2.17. The molecule has 0 aliphatic carbocycles. The van der Waals surface area contributed by atoms with Crippen LogP contribution in [0.3, 0.4) is 0 Å². The average molecular weight is 244 g/mol. The summed E-state index contributed by atoms with van der Waals surface area (Å²) in [7, 11) is 1.56. The molecule has 0 radical (unpaired) electrons. The molecule has 1 aromatic carbocycles. The van der Waals surface area contributed by atoms with E-state index in [1.165, 1.54) is 12.3 Å². The summed E-state index contributed by atoms with van der Waals surface area (Å²) in [6, 6.07) is 6.66. The maximum absolute atomic E-state index is 12.1. The molecular weight excluding hydrogens is 232 g/mol. The molecule has 1 N–H and O–H groups in total. The number of hydrogen-bond donors (Lipinski definition) is 1. The SMILES string of the molecule is COc1ccc(C(=O)N2C=CC=CC(=O)N2)cc1. The Hall–Kier alpha value is -2.56. The average Bonchev–Trinajstić information content (AvgIpc) is 2.63. The molecule has 0 aromatic heterocycles. The highest BCUT2D eigenvalue weighted by Crippen LogP contribution is 2.13. The predicted octanol–water partition coefficient (Wildman–Crippen LogP) is 1.25. The molecule has 0 atom stereocenters. The highest BCUT2D eigenvalue weighted by atomic mass is 16.5. The van der Waals surface area contributed by atoms with Crippen molar-refractivity contribution >= 4 is 11.8 Å². The van der Waals surface area contributed by atoms with Crippen LogP contribution < -0.4 is 10.2 Å².